The molecule has 116 valence electrons. The van der Waals surface area contributed by atoms with E-state index in [1.807, 2.05) is 0 Å². The van der Waals surface area contributed by atoms with Crippen molar-refractivity contribution in [3.05, 3.63) is 34.4 Å². The van der Waals surface area contributed by atoms with Gasteiger partial charge in [0, 0.05) is 23.4 Å². The normalized spacial score (nSPS) is 15.8. The van der Waals surface area contributed by atoms with Crippen LogP contribution in [0.1, 0.15) is 32.1 Å². The van der Waals surface area contributed by atoms with Gasteiger partial charge >= 0.3 is 0 Å². The molecule has 0 radical (unpaired) electrons. The molecule has 0 saturated heterocycles. The molecule has 7 heteroatoms. The van der Waals surface area contributed by atoms with Crippen LogP contribution in [0.25, 0.3) is 11.5 Å². The Balaban J connectivity index is 1.65. The van der Waals surface area contributed by atoms with Crippen molar-refractivity contribution in [3.8, 4) is 11.5 Å². The SMILES string of the molecule is O=[N+]([O-])c1cccc(-c2nnc(SCC3CCCCC3)o2)c1. The van der Waals surface area contributed by atoms with Gasteiger partial charge in [0.25, 0.3) is 10.9 Å². The van der Waals surface area contributed by atoms with Gasteiger partial charge in [-0.15, -0.1) is 10.2 Å². The lowest BCUT2D eigenvalue weighted by Gasteiger charge is -2.19. The molecule has 0 bridgehead atoms. The third kappa shape index (κ3) is 3.65. The third-order valence-electron chi connectivity index (χ3n) is 3.88. The van der Waals surface area contributed by atoms with Gasteiger partial charge in [-0.3, -0.25) is 10.1 Å². The maximum atomic E-state index is 10.8. The number of hydrogen-bond acceptors (Lipinski definition) is 6. The van der Waals surface area contributed by atoms with Gasteiger partial charge in [-0.2, -0.15) is 0 Å². The first-order valence-electron chi connectivity index (χ1n) is 7.43. The fourth-order valence-electron chi connectivity index (χ4n) is 2.68. The molecule has 6 nitrogen and oxygen atoms in total. The van der Waals surface area contributed by atoms with Gasteiger partial charge in [-0.05, 0) is 24.8 Å². The minimum Gasteiger partial charge on any atom is -0.411 e. The topological polar surface area (TPSA) is 82.1 Å². The van der Waals surface area contributed by atoms with E-state index < -0.39 is 4.92 Å². The molecule has 0 unspecified atom stereocenters. The fraction of sp³-hybridized carbons (Fsp3) is 0.467. The number of nitro benzene ring substituents is 1. The highest BCUT2D eigenvalue weighted by Crippen LogP contribution is 2.31. The molecule has 1 saturated carbocycles. The van der Waals surface area contributed by atoms with Gasteiger partial charge in [-0.1, -0.05) is 37.1 Å². The zero-order valence-electron chi connectivity index (χ0n) is 12.1. The fourth-order valence-corrected chi connectivity index (χ4v) is 3.63. The molecular formula is C15H17N3O3S. The number of hydrogen-bond donors (Lipinski definition) is 0. The summed E-state index contributed by atoms with van der Waals surface area (Å²) in [4.78, 5) is 10.4. The van der Waals surface area contributed by atoms with E-state index in [1.165, 1.54) is 44.2 Å². The van der Waals surface area contributed by atoms with E-state index in [2.05, 4.69) is 10.2 Å². The first-order valence-corrected chi connectivity index (χ1v) is 8.42. The van der Waals surface area contributed by atoms with E-state index in [4.69, 9.17) is 4.42 Å². The molecule has 2 aromatic rings. The summed E-state index contributed by atoms with van der Waals surface area (Å²) in [5.41, 5.74) is 0.596. The largest absolute Gasteiger partial charge is 0.411 e. The Kier molecular flexibility index (Phi) is 4.72. The average molecular weight is 319 g/mol. The number of aromatic nitrogens is 2. The van der Waals surface area contributed by atoms with Crippen LogP contribution in [0.15, 0.2) is 33.9 Å². The molecule has 0 aliphatic heterocycles. The Labute approximate surface area is 132 Å². The monoisotopic (exact) mass is 319 g/mol. The van der Waals surface area contributed by atoms with E-state index in [0.29, 0.717) is 16.7 Å². The van der Waals surface area contributed by atoms with Crippen molar-refractivity contribution in [2.45, 2.75) is 37.3 Å². The van der Waals surface area contributed by atoms with E-state index in [9.17, 15) is 10.1 Å². The van der Waals surface area contributed by atoms with Gasteiger partial charge in [0.05, 0.1) is 4.92 Å². The Morgan fingerprint density at radius 1 is 1.27 bits per heavy atom. The van der Waals surface area contributed by atoms with Crippen LogP contribution in [-0.4, -0.2) is 20.9 Å². The van der Waals surface area contributed by atoms with Crippen LogP contribution in [0.5, 0.6) is 0 Å². The lowest BCUT2D eigenvalue weighted by molar-refractivity contribution is -0.384. The van der Waals surface area contributed by atoms with E-state index in [0.717, 1.165) is 11.7 Å². The first-order chi connectivity index (χ1) is 10.7. The van der Waals surface area contributed by atoms with Crippen molar-refractivity contribution in [1.82, 2.24) is 10.2 Å². The zero-order valence-corrected chi connectivity index (χ0v) is 12.9. The van der Waals surface area contributed by atoms with Crippen molar-refractivity contribution < 1.29 is 9.34 Å². The van der Waals surface area contributed by atoms with Gasteiger partial charge in [-0.25, -0.2) is 0 Å². The molecule has 1 aliphatic rings. The van der Waals surface area contributed by atoms with Crippen molar-refractivity contribution in [2.75, 3.05) is 5.75 Å². The van der Waals surface area contributed by atoms with Gasteiger partial charge in [0.15, 0.2) is 0 Å². The van der Waals surface area contributed by atoms with Crippen LogP contribution in [0.4, 0.5) is 5.69 Å². The maximum Gasteiger partial charge on any atom is 0.276 e. The van der Waals surface area contributed by atoms with Crippen LogP contribution < -0.4 is 0 Å². The number of thioether (sulfide) groups is 1. The molecular weight excluding hydrogens is 302 g/mol. The highest BCUT2D eigenvalue weighted by molar-refractivity contribution is 7.99. The predicted octanol–water partition coefficient (Wildman–Crippen LogP) is 4.32. The van der Waals surface area contributed by atoms with Crippen LogP contribution in [0.2, 0.25) is 0 Å². The van der Waals surface area contributed by atoms with Crippen molar-refractivity contribution in [2.24, 2.45) is 5.92 Å². The van der Waals surface area contributed by atoms with Crippen LogP contribution in [0, 0.1) is 16.0 Å². The van der Waals surface area contributed by atoms with Gasteiger partial charge in [0.1, 0.15) is 0 Å². The van der Waals surface area contributed by atoms with Crippen LogP contribution in [0.3, 0.4) is 0 Å². The Bertz CT molecular complexity index is 653. The summed E-state index contributed by atoms with van der Waals surface area (Å²) in [5.74, 6) is 2.05. The van der Waals surface area contributed by atoms with Gasteiger partial charge in [0.2, 0.25) is 5.89 Å². The molecule has 0 N–H and O–H groups in total. The van der Waals surface area contributed by atoms with Crippen LogP contribution in [-0.2, 0) is 0 Å². The second-order valence-electron chi connectivity index (χ2n) is 5.50. The predicted molar refractivity (Wildman–Crippen MR) is 83.7 cm³/mol. The molecule has 3 rings (SSSR count). The summed E-state index contributed by atoms with van der Waals surface area (Å²) in [6.07, 6.45) is 6.53. The summed E-state index contributed by atoms with van der Waals surface area (Å²) in [6.45, 7) is 0. The van der Waals surface area contributed by atoms with E-state index in [1.54, 1.807) is 23.9 Å². The number of non-ortho nitro benzene ring substituents is 1. The Morgan fingerprint density at radius 2 is 2.09 bits per heavy atom. The second-order valence-corrected chi connectivity index (χ2v) is 6.47. The molecule has 1 heterocycles. The number of rotatable bonds is 5. The molecule has 0 atom stereocenters. The average Bonchev–Trinajstić information content (AvgIpc) is 3.03. The standard InChI is InChI=1S/C15H17N3O3S/c19-18(20)13-8-4-7-12(9-13)14-16-17-15(21-14)22-10-11-5-2-1-3-6-11/h4,7-9,11H,1-3,5-6,10H2. The number of benzene rings is 1. The smallest absolute Gasteiger partial charge is 0.276 e. The molecule has 1 fully saturated rings. The Hall–Kier alpha value is -1.89. The van der Waals surface area contributed by atoms with Crippen molar-refractivity contribution in [3.63, 3.8) is 0 Å². The Morgan fingerprint density at radius 3 is 2.86 bits per heavy atom. The summed E-state index contributed by atoms with van der Waals surface area (Å²) < 4.78 is 5.61. The third-order valence-corrected chi connectivity index (χ3v) is 4.93. The molecule has 0 amide bonds. The highest BCUT2D eigenvalue weighted by atomic mass is 32.2. The number of nitro groups is 1. The summed E-state index contributed by atoms with van der Waals surface area (Å²) in [6, 6.07) is 6.24. The second kappa shape index (κ2) is 6.91. The lowest BCUT2D eigenvalue weighted by atomic mass is 9.91. The summed E-state index contributed by atoms with van der Waals surface area (Å²) in [7, 11) is 0. The summed E-state index contributed by atoms with van der Waals surface area (Å²) >= 11 is 1.58. The van der Waals surface area contributed by atoms with Gasteiger partial charge < -0.3 is 4.42 Å². The first kappa shape index (κ1) is 15.0. The highest BCUT2D eigenvalue weighted by Gasteiger charge is 2.17. The van der Waals surface area contributed by atoms with Crippen molar-refractivity contribution in [1.29, 1.82) is 0 Å². The number of nitrogens with zero attached hydrogens (tertiary/aromatic N) is 3. The van der Waals surface area contributed by atoms with E-state index >= 15 is 0 Å². The summed E-state index contributed by atoms with van der Waals surface area (Å²) in [5, 5.41) is 19.4. The molecule has 1 aromatic carbocycles. The zero-order chi connectivity index (χ0) is 15.4. The molecule has 1 aliphatic carbocycles. The van der Waals surface area contributed by atoms with E-state index in [-0.39, 0.29) is 5.69 Å². The molecule has 22 heavy (non-hydrogen) atoms. The maximum absolute atomic E-state index is 10.8. The quantitative estimate of drug-likeness (QED) is 0.464. The van der Waals surface area contributed by atoms with Crippen molar-refractivity contribution >= 4 is 17.4 Å². The van der Waals surface area contributed by atoms with Crippen LogP contribution >= 0.6 is 11.8 Å². The molecule has 1 aromatic heterocycles. The minimum absolute atomic E-state index is 0.0205. The minimum atomic E-state index is -0.432. The lowest BCUT2D eigenvalue weighted by Crippen LogP contribution is -2.08. The molecule has 0 spiro atoms.